The van der Waals surface area contributed by atoms with Crippen LogP contribution in [-0.2, 0) is 0 Å². The number of carbonyl (C=O) groups excluding carboxylic acids is 1. The van der Waals surface area contributed by atoms with Crippen molar-refractivity contribution in [3.8, 4) is 11.5 Å². The standard InChI is InChI=1S/C22H16ClN3O4/c1-12-3-8-17-20(9-12)30-22(25-17)15-5-4-13(2)18(10-15)24-21(27)14-6-7-16(23)19(11-14)26(28)29/h3-11H,1-2H3,(H,24,27). The smallest absolute Gasteiger partial charge is 0.288 e. The minimum Gasteiger partial charge on any atom is -0.436 e. The van der Waals surface area contributed by atoms with Crippen LogP contribution in [0.2, 0.25) is 5.02 Å². The Balaban J connectivity index is 1.65. The molecule has 4 aromatic rings. The molecule has 0 atom stereocenters. The number of nitrogens with zero attached hydrogens (tertiary/aromatic N) is 2. The third-order valence-electron chi connectivity index (χ3n) is 4.68. The Morgan fingerprint density at radius 1 is 1.10 bits per heavy atom. The van der Waals surface area contributed by atoms with Gasteiger partial charge < -0.3 is 9.73 Å². The molecule has 3 aromatic carbocycles. The molecular formula is C22H16ClN3O4. The molecule has 0 bridgehead atoms. The second-order valence-corrected chi connectivity index (χ2v) is 7.30. The molecule has 1 heterocycles. The first-order chi connectivity index (χ1) is 14.3. The van der Waals surface area contributed by atoms with Crippen molar-refractivity contribution < 1.29 is 14.1 Å². The molecule has 0 unspecified atom stereocenters. The van der Waals surface area contributed by atoms with Crippen LogP contribution in [0.4, 0.5) is 11.4 Å². The number of hydrogen-bond donors (Lipinski definition) is 1. The monoisotopic (exact) mass is 421 g/mol. The number of halogens is 1. The van der Waals surface area contributed by atoms with Gasteiger partial charge in [-0.3, -0.25) is 14.9 Å². The fourth-order valence-corrected chi connectivity index (χ4v) is 3.22. The van der Waals surface area contributed by atoms with Crippen LogP contribution < -0.4 is 5.32 Å². The second-order valence-electron chi connectivity index (χ2n) is 6.90. The molecule has 4 rings (SSSR count). The van der Waals surface area contributed by atoms with Gasteiger partial charge in [-0.05, 0) is 61.4 Å². The third-order valence-corrected chi connectivity index (χ3v) is 5.00. The normalized spacial score (nSPS) is 10.9. The zero-order valence-corrected chi connectivity index (χ0v) is 16.9. The molecule has 150 valence electrons. The van der Waals surface area contributed by atoms with E-state index in [-0.39, 0.29) is 16.3 Å². The van der Waals surface area contributed by atoms with E-state index >= 15 is 0 Å². The van der Waals surface area contributed by atoms with Crippen molar-refractivity contribution in [2.24, 2.45) is 0 Å². The summed E-state index contributed by atoms with van der Waals surface area (Å²) in [7, 11) is 0. The Hall–Kier alpha value is -3.71. The summed E-state index contributed by atoms with van der Waals surface area (Å²) in [6.45, 7) is 3.82. The largest absolute Gasteiger partial charge is 0.436 e. The molecule has 0 saturated heterocycles. The number of nitro groups is 1. The van der Waals surface area contributed by atoms with Crippen LogP contribution in [0, 0.1) is 24.0 Å². The molecule has 0 aliphatic heterocycles. The van der Waals surface area contributed by atoms with Gasteiger partial charge in [0.05, 0.1) is 4.92 Å². The highest BCUT2D eigenvalue weighted by Crippen LogP contribution is 2.29. The Morgan fingerprint density at radius 3 is 2.67 bits per heavy atom. The van der Waals surface area contributed by atoms with E-state index in [4.69, 9.17) is 16.0 Å². The predicted molar refractivity (Wildman–Crippen MR) is 115 cm³/mol. The van der Waals surface area contributed by atoms with E-state index in [0.29, 0.717) is 22.7 Å². The first-order valence-electron chi connectivity index (χ1n) is 9.05. The van der Waals surface area contributed by atoms with Gasteiger partial charge in [-0.15, -0.1) is 0 Å². The quantitative estimate of drug-likeness (QED) is 0.325. The maximum Gasteiger partial charge on any atom is 0.288 e. The lowest BCUT2D eigenvalue weighted by atomic mass is 10.1. The van der Waals surface area contributed by atoms with Crippen molar-refractivity contribution >= 4 is 40.0 Å². The lowest BCUT2D eigenvalue weighted by Gasteiger charge is -2.10. The number of aromatic nitrogens is 1. The molecule has 0 fully saturated rings. The van der Waals surface area contributed by atoms with Crippen molar-refractivity contribution in [2.45, 2.75) is 13.8 Å². The highest BCUT2D eigenvalue weighted by molar-refractivity contribution is 6.32. The highest BCUT2D eigenvalue weighted by atomic mass is 35.5. The summed E-state index contributed by atoms with van der Waals surface area (Å²) in [5.74, 6) is -0.0450. The zero-order valence-electron chi connectivity index (χ0n) is 16.1. The molecule has 1 amide bonds. The van der Waals surface area contributed by atoms with Crippen molar-refractivity contribution in [2.75, 3.05) is 5.32 Å². The molecule has 0 saturated carbocycles. The minimum absolute atomic E-state index is 0.0269. The van der Waals surface area contributed by atoms with Crippen molar-refractivity contribution in [3.63, 3.8) is 0 Å². The number of amides is 1. The Labute approximate surface area is 176 Å². The van der Waals surface area contributed by atoms with E-state index in [9.17, 15) is 14.9 Å². The van der Waals surface area contributed by atoms with Gasteiger partial charge in [0, 0.05) is 22.9 Å². The van der Waals surface area contributed by atoms with Crippen molar-refractivity contribution in [3.05, 3.63) is 86.4 Å². The molecule has 0 aliphatic carbocycles. The van der Waals surface area contributed by atoms with E-state index in [1.807, 2.05) is 44.2 Å². The van der Waals surface area contributed by atoms with Gasteiger partial charge in [0.2, 0.25) is 5.89 Å². The van der Waals surface area contributed by atoms with E-state index in [0.717, 1.165) is 22.7 Å². The summed E-state index contributed by atoms with van der Waals surface area (Å²) in [6.07, 6.45) is 0. The van der Waals surface area contributed by atoms with E-state index < -0.39 is 10.8 Å². The summed E-state index contributed by atoms with van der Waals surface area (Å²) in [5, 5.41) is 13.8. The van der Waals surface area contributed by atoms with Crippen LogP contribution >= 0.6 is 11.6 Å². The molecule has 0 spiro atoms. The molecule has 30 heavy (non-hydrogen) atoms. The van der Waals surface area contributed by atoms with E-state index in [1.165, 1.54) is 12.1 Å². The number of carbonyl (C=O) groups is 1. The number of oxazole rings is 1. The fourth-order valence-electron chi connectivity index (χ4n) is 3.03. The number of nitrogens with one attached hydrogen (secondary N) is 1. The highest BCUT2D eigenvalue weighted by Gasteiger charge is 2.17. The van der Waals surface area contributed by atoms with Crippen LogP contribution in [0.15, 0.2) is 59.0 Å². The number of benzene rings is 3. The Kier molecular flexibility index (Phi) is 4.97. The van der Waals surface area contributed by atoms with Gasteiger partial charge in [-0.25, -0.2) is 4.98 Å². The van der Waals surface area contributed by atoms with Crippen LogP contribution in [0.1, 0.15) is 21.5 Å². The second kappa shape index (κ2) is 7.61. The molecular weight excluding hydrogens is 406 g/mol. The lowest BCUT2D eigenvalue weighted by Crippen LogP contribution is -2.13. The number of aryl methyl sites for hydroxylation is 2. The Morgan fingerprint density at radius 2 is 1.90 bits per heavy atom. The number of nitro benzene ring substituents is 1. The maximum atomic E-state index is 12.7. The molecule has 8 heteroatoms. The van der Waals surface area contributed by atoms with Gasteiger partial charge in [0.15, 0.2) is 5.58 Å². The molecule has 1 N–H and O–H groups in total. The van der Waals surface area contributed by atoms with Gasteiger partial charge in [-0.1, -0.05) is 23.7 Å². The SMILES string of the molecule is Cc1ccc2nc(-c3ccc(C)c(NC(=O)c4ccc(Cl)c([N+](=O)[O-])c4)c3)oc2c1. The molecule has 0 radical (unpaired) electrons. The molecule has 1 aromatic heterocycles. The van der Waals surface area contributed by atoms with Gasteiger partial charge >= 0.3 is 0 Å². The van der Waals surface area contributed by atoms with Crippen LogP contribution in [0.25, 0.3) is 22.6 Å². The maximum absolute atomic E-state index is 12.7. The van der Waals surface area contributed by atoms with Crippen molar-refractivity contribution in [1.82, 2.24) is 4.98 Å². The summed E-state index contributed by atoms with van der Waals surface area (Å²) >= 11 is 5.82. The lowest BCUT2D eigenvalue weighted by molar-refractivity contribution is -0.384. The summed E-state index contributed by atoms with van der Waals surface area (Å²) in [4.78, 5) is 27.6. The van der Waals surface area contributed by atoms with Crippen molar-refractivity contribution in [1.29, 1.82) is 0 Å². The van der Waals surface area contributed by atoms with E-state index in [2.05, 4.69) is 10.3 Å². The summed E-state index contributed by atoms with van der Waals surface area (Å²) < 4.78 is 5.86. The van der Waals surface area contributed by atoms with Crippen LogP contribution in [0.5, 0.6) is 0 Å². The van der Waals surface area contributed by atoms with Crippen LogP contribution in [0.3, 0.4) is 0 Å². The predicted octanol–water partition coefficient (Wildman–Crippen LogP) is 5.93. The molecule has 0 aliphatic rings. The number of fused-ring (bicyclic) bond motifs is 1. The number of rotatable bonds is 4. The number of hydrogen-bond acceptors (Lipinski definition) is 5. The van der Waals surface area contributed by atoms with Crippen LogP contribution in [-0.4, -0.2) is 15.8 Å². The van der Waals surface area contributed by atoms with Gasteiger partial charge in [-0.2, -0.15) is 0 Å². The summed E-state index contributed by atoms with van der Waals surface area (Å²) in [6, 6.07) is 15.1. The van der Waals surface area contributed by atoms with E-state index in [1.54, 1.807) is 6.07 Å². The first kappa shape index (κ1) is 19.6. The minimum atomic E-state index is -0.625. The Bertz CT molecular complexity index is 1310. The van der Waals surface area contributed by atoms with Gasteiger partial charge in [0.25, 0.3) is 11.6 Å². The average molecular weight is 422 g/mol. The number of anilines is 1. The van der Waals surface area contributed by atoms with Gasteiger partial charge in [0.1, 0.15) is 10.5 Å². The first-order valence-corrected chi connectivity index (χ1v) is 9.43. The zero-order chi connectivity index (χ0) is 21.4. The topological polar surface area (TPSA) is 98.3 Å². The summed E-state index contributed by atoms with van der Waals surface area (Å²) in [5.41, 5.74) is 4.38. The average Bonchev–Trinajstić information content (AvgIpc) is 3.12. The fraction of sp³-hybridized carbons (Fsp3) is 0.0909. The molecule has 7 nitrogen and oxygen atoms in total. The third kappa shape index (κ3) is 3.75.